The molecule has 0 radical (unpaired) electrons. The maximum atomic E-state index is 15.2. The minimum absolute atomic E-state index is 0.0304. The maximum Gasteiger partial charge on any atom is 0.326 e. The van der Waals surface area contributed by atoms with Gasteiger partial charge >= 0.3 is 5.97 Å². The van der Waals surface area contributed by atoms with Crippen molar-refractivity contribution in [2.75, 3.05) is 6.54 Å². The van der Waals surface area contributed by atoms with Crippen molar-refractivity contribution in [3.8, 4) is 5.75 Å². The average Bonchev–Trinajstić information content (AvgIpc) is 3.43. The number of halogens is 2. The zero-order valence-electron chi connectivity index (χ0n) is 18.1. The SMILES string of the molecule is O=C(O)C1CCCN1C(=O)c1cc(C2CC2)c(OC2[C@@H]3C[C@H]4C[C@H]2C[C@](Cl)(C4)C3)cc1F. The second kappa shape index (κ2) is 7.34. The van der Waals surface area contributed by atoms with E-state index in [2.05, 4.69) is 0 Å². The summed E-state index contributed by atoms with van der Waals surface area (Å²) in [6.07, 6.45) is 8.42. The predicted octanol–water partition coefficient (Wildman–Crippen LogP) is 4.96. The van der Waals surface area contributed by atoms with Crippen molar-refractivity contribution in [3.63, 3.8) is 0 Å². The van der Waals surface area contributed by atoms with Crippen LogP contribution in [-0.2, 0) is 4.79 Å². The minimum Gasteiger partial charge on any atom is -0.489 e. The van der Waals surface area contributed by atoms with Gasteiger partial charge in [0, 0.05) is 17.5 Å². The summed E-state index contributed by atoms with van der Waals surface area (Å²) in [4.78, 5) is 25.8. The monoisotopic (exact) mass is 461 g/mol. The summed E-state index contributed by atoms with van der Waals surface area (Å²) in [5.41, 5.74) is 0.868. The molecule has 1 heterocycles. The van der Waals surface area contributed by atoms with Crippen LogP contribution >= 0.6 is 11.6 Å². The summed E-state index contributed by atoms with van der Waals surface area (Å²) in [7, 11) is 0. The lowest BCUT2D eigenvalue weighted by Crippen LogP contribution is -2.56. The molecule has 7 rings (SSSR count). The van der Waals surface area contributed by atoms with Crippen LogP contribution in [0.1, 0.15) is 79.6 Å². The number of likely N-dealkylation sites (tertiary alicyclic amines) is 1. The van der Waals surface area contributed by atoms with Crippen molar-refractivity contribution >= 4 is 23.5 Å². The normalized spacial score (nSPS) is 37.7. The Bertz CT molecular complexity index is 963. The van der Waals surface area contributed by atoms with Crippen LogP contribution in [0.5, 0.6) is 5.75 Å². The molecular formula is C25H29ClFNO4. The van der Waals surface area contributed by atoms with Crippen molar-refractivity contribution in [1.29, 1.82) is 0 Å². The van der Waals surface area contributed by atoms with E-state index >= 15 is 4.39 Å². The summed E-state index contributed by atoms with van der Waals surface area (Å²) in [6.45, 7) is 0.346. The zero-order chi connectivity index (χ0) is 22.2. The Hall–Kier alpha value is -1.82. The van der Waals surface area contributed by atoms with Gasteiger partial charge in [-0.25, -0.2) is 9.18 Å². The van der Waals surface area contributed by atoms with Crippen LogP contribution in [0.3, 0.4) is 0 Å². The molecule has 6 aliphatic rings. The fourth-order valence-electron chi connectivity index (χ4n) is 7.19. The highest BCUT2D eigenvalue weighted by Gasteiger charge is 2.56. The molecule has 6 atom stereocenters. The molecule has 4 bridgehead atoms. The van der Waals surface area contributed by atoms with Crippen LogP contribution in [0, 0.1) is 23.6 Å². The first-order valence-electron chi connectivity index (χ1n) is 12.0. The molecule has 0 aromatic heterocycles. The first-order valence-corrected chi connectivity index (χ1v) is 12.4. The molecule has 1 saturated heterocycles. The second-order valence-electron chi connectivity index (χ2n) is 10.8. The number of carbonyl (C=O) groups excluding carboxylic acids is 1. The molecule has 5 nitrogen and oxygen atoms in total. The first kappa shape index (κ1) is 20.8. The van der Waals surface area contributed by atoms with Crippen molar-refractivity contribution in [2.24, 2.45) is 17.8 Å². The third kappa shape index (κ3) is 3.41. The molecule has 5 saturated carbocycles. The Morgan fingerprint density at radius 3 is 2.47 bits per heavy atom. The number of nitrogens with zero attached hydrogens (tertiary/aromatic N) is 1. The summed E-state index contributed by atoms with van der Waals surface area (Å²) in [6, 6.07) is 2.15. The van der Waals surface area contributed by atoms with Gasteiger partial charge in [-0.05, 0) is 93.1 Å². The minimum atomic E-state index is -1.03. The van der Waals surface area contributed by atoms with Crippen molar-refractivity contribution < 1.29 is 23.8 Å². The fraction of sp³-hybridized carbons (Fsp3) is 0.680. The predicted molar refractivity (Wildman–Crippen MR) is 117 cm³/mol. The molecular weight excluding hydrogens is 433 g/mol. The lowest BCUT2D eigenvalue weighted by molar-refractivity contribution is -0.141. The van der Waals surface area contributed by atoms with Gasteiger partial charge in [0.25, 0.3) is 5.91 Å². The third-order valence-electron chi connectivity index (χ3n) is 8.52. The van der Waals surface area contributed by atoms with Crippen LogP contribution < -0.4 is 4.74 Å². The lowest BCUT2D eigenvalue weighted by atomic mass is 9.54. The van der Waals surface area contributed by atoms with E-state index in [1.54, 1.807) is 6.07 Å². The van der Waals surface area contributed by atoms with Crippen LogP contribution in [-0.4, -0.2) is 45.4 Å². The van der Waals surface area contributed by atoms with Gasteiger partial charge in [-0.1, -0.05) is 0 Å². The Morgan fingerprint density at radius 2 is 1.84 bits per heavy atom. The topological polar surface area (TPSA) is 66.8 Å². The van der Waals surface area contributed by atoms with Gasteiger partial charge in [0.05, 0.1) is 5.56 Å². The average molecular weight is 462 g/mol. The molecule has 7 heteroatoms. The highest BCUT2D eigenvalue weighted by atomic mass is 35.5. The molecule has 172 valence electrons. The van der Waals surface area contributed by atoms with Gasteiger partial charge in [-0.15, -0.1) is 11.6 Å². The number of ether oxygens (including phenoxy) is 1. The van der Waals surface area contributed by atoms with Crippen LogP contribution in [0.2, 0.25) is 0 Å². The number of hydrogen-bond donors (Lipinski definition) is 1. The molecule has 1 N–H and O–H groups in total. The second-order valence-corrected chi connectivity index (χ2v) is 11.6. The van der Waals surface area contributed by atoms with E-state index in [4.69, 9.17) is 16.3 Å². The lowest BCUT2D eigenvalue weighted by Gasteiger charge is -2.57. The number of rotatable bonds is 5. The van der Waals surface area contributed by atoms with E-state index in [0.717, 1.165) is 50.5 Å². The smallest absolute Gasteiger partial charge is 0.326 e. The molecule has 32 heavy (non-hydrogen) atoms. The largest absolute Gasteiger partial charge is 0.489 e. The third-order valence-corrected chi connectivity index (χ3v) is 8.98. The van der Waals surface area contributed by atoms with E-state index in [9.17, 15) is 14.7 Å². The maximum absolute atomic E-state index is 15.2. The number of carboxylic acid groups (broad SMARTS) is 1. The number of amides is 1. The van der Waals surface area contributed by atoms with Crippen LogP contribution in [0.25, 0.3) is 0 Å². The summed E-state index contributed by atoms with van der Waals surface area (Å²) in [5, 5.41) is 9.43. The van der Waals surface area contributed by atoms with Gasteiger partial charge in [0.15, 0.2) is 0 Å². The molecule has 1 aliphatic heterocycles. The number of benzene rings is 1. The number of carbonyl (C=O) groups is 2. The molecule has 0 spiro atoms. The molecule has 2 unspecified atom stereocenters. The van der Waals surface area contributed by atoms with E-state index < -0.39 is 23.7 Å². The van der Waals surface area contributed by atoms with E-state index in [1.165, 1.54) is 11.0 Å². The van der Waals surface area contributed by atoms with Crippen LogP contribution in [0.15, 0.2) is 12.1 Å². The van der Waals surface area contributed by atoms with Crippen molar-refractivity contribution in [1.82, 2.24) is 4.90 Å². The van der Waals surface area contributed by atoms with Gasteiger partial charge in [0.1, 0.15) is 23.7 Å². The Balaban J connectivity index is 1.29. The molecule has 6 fully saturated rings. The number of alkyl halides is 1. The van der Waals surface area contributed by atoms with Gasteiger partial charge in [-0.3, -0.25) is 4.79 Å². The number of hydrogen-bond acceptors (Lipinski definition) is 3. The van der Waals surface area contributed by atoms with Gasteiger partial charge in [-0.2, -0.15) is 0 Å². The Kier molecular flexibility index (Phi) is 4.76. The van der Waals surface area contributed by atoms with Gasteiger partial charge in [0.2, 0.25) is 0 Å². The summed E-state index contributed by atoms with van der Waals surface area (Å²) < 4.78 is 21.8. The highest BCUT2D eigenvalue weighted by molar-refractivity contribution is 6.24. The molecule has 1 amide bonds. The van der Waals surface area contributed by atoms with E-state index in [0.29, 0.717) is 42.9 Å². The standard InChI is InChI=1S/C25H29ClFNO4/c26-25-10-13-6-15(11-25)22(16(7-13)12-25)32-21-9-19(27)18(8-17(21)14-3-4-14)23(29)28-5-1-2-20(28)24(30)31/h8-9,13-16,20,22H,1-7,10-12H2,(H,30,31)/t13-,15+,16-,20?,22?,25-. The number of carboxylic acids is 1. The van der Waals surface area contributed by atoms with Crippen LogP contribution in [0.4, 0.5) is 4.39 Å². The van der Waals surface area contributed by atoms with Gasteiger partial charge < -0.3 is 14.7 Å². The zero-order valence-corrected chi connectivity index (χ0v) is 18.8. The Morgan fingerprint density at radius 1 is 1.12 bits per heavy atom. The first-order chi connectivity index (χ1) is 15.3. The van der Waals surface area contributed by atoms with Crippen molar-refractivity contribution in [3.05, 3.63) is 29.1 Å². The number of aliphatic carboxylic acids is 1. The molecule has 1 aromatic carbocycles. The van der Waals surface area contributed by atoms with Crippen molar-refractivity contribution in [2.45, 2.75) is 80.7 Å². The van der Waals surface area contributed by atoms with E-state index in [-0.39, 0.29) is 22.5 Å². The van der Waals surface area contributed by atoms with E-state index in [1.807, 2.05) is 0 Å². The molecule has 5 aliphatic carbocycles. The Labute approximate surface area is 192 Å². The molecule has 1 aromatic rings. The highest BCUT2D eigenvalue weighted by Crippen LogP contribution is 2.59. The summed E-state index contributed by atoms with van der Waals surface area (Å²) in [5.74, 6) is 0.181. The summed E-state index contributed by atoms with van der Waals surface area (Å²) >= 11 is 6.87. The quantitative estimate of drug-likeness (QED) is 0.629. The fourth-order valence-corrected chi connectivity index (χ4v) is 7.80.